The molecule has 2 atom stereocenters. The SMILES string of the molecule is CCCCCCCCCCCCCC(=O)NCC(=O)N[C@@H](CO)C(=O)N[C@@H](CCCCNc1ccc([N+](=O)[O-])c2nonc12)C(N)=O. The number of carbonyl (C=O) groups is 4. The molecule has 1 aromatic carbocycles. The zero-order valence-corrected chi connectivity index (χ0v) is 27.3. The number of non-ortho nitro benzene ring substituents is 1. The number of nitrogens with zero attached hydrogens (tertiary/aromatic N) is 3. The summed E-state index contributed by atoms with van der Waals surface area (Å²) >= 11 is 0. The van der Waals surface area contributed by atoms with Gasteiger partial charge in [-0.1, -0.05) is 71.1 Å². The Hall–Kier alpha value is -4.34. The minimum Gasteiger partial charge on any atom is -0.394 e. The molecule has 0 radical (unpaired) electrons. The van der Waals surface area contributed by atoms with Crippen LogP contribution in [0.25, 0.3) is 11.0 Å². The molecule has 0 spiro atoms. The van der Waals surface area contributed by atoms with E-state index in [0.717, 1.165) is 25.7 Å². The van der Waals surface area contributed by atoms with E-state index in [2.05, 4.69) is 43.1 Å². The maximum atomic E-state index is 12.7. The molecular formula is C31H50N8O8. The fourth-order valence-electron chi connectivity index (χ4n) is 5.05. The Morgan fingerprint density at radius 2 is 1.51 bits per heavy atom. The topological polar surface area (TPSA) is 245 Å². The molecule has 0 aliphatic carbocycles. The van der Waals surface area contributed by atoms with Crippen molar-refractivity contribution in [3.63, 3.8) is 0 Å². The van der Waals surface area contributed by atoms with Crippen LogP contribution in [-0.4, -0.2) is 75.8 Å². The third kappa shape index (κ3) is 14.7. The van der Waals surface area contributed by atoms with Crippen LogP contribution in [0.4, 0.5) is 11.4 Å². The van der Waals surface area contributed by atoms with Gasteiger partial charge in [-0.2, -0.15) is 0 Å². The minimum atomic E-state index is -1.34. The standard InChI is InChI=1S/C31H50N8O8/c1-2-3-4-5-6-7-8-9-10-11-12-16-26(41)34-20-27(42)35-24(21-40)31(44)36-23(30(32)43)15-13-14-19-33-22-17-18-25(39(45)46)29-28(22)37-47-38-29/h17-18,23-24,33,40H,2-16,19-21H2,1H3,(H2,32,43)(H,34,41)(H,35,42)(H,36,44)/t23-,24-/m0/s1. The van der Waals surface area contributed by atoms with Crippen LogP contribution in [0.3, 0.4) is 0 Å². The molecule has 0 saturated carbocycles. The van der Waals surface area contributed by atoms with E-state index in [4.69, 9.17) is 5.73 Å². The van der Waals surface area contributed by atoms with Crippen molar-refractivity contribution in [1.29, 1.82) is 0 Å². The molecule has 1 heterocycles. The normalized spacial score (nSPS) is 12.3. The quantitative estimate of drug-likeness (QED) is 0.0485. The Kier molecular flexibility index (Phi) is 18.4. The van der Waals surface area contributed by atoms with Crippen LogP contribution in [-0.2, 0) is 19.2 Å². The second-order valence-corrected chi connectivity index (χ2v) is 11.6. The van der Waals surface area contributed by atoms with E-state index in [9.17, 15) is 34.4 Å². The Morgan fingerprint density at radius 1 is 0.872 bits per heavy atom. The van der Waals surface area contributed by atoms with Gasteiger partial charge in [-0.3, -0.25) is 29.3 Å². The first-order valence-electron chi connectivity index (χ1n) is 16.6. The van der Waals surface area contributed by atoms with E-state index >= 15 is 0 Å². The predicted molar refractivity (Wildman–Crippen MR) is 175 cm³/mol. The molecule has 2 rings (SSSR count). The average Bonchev–Trinajstić information content (AvgIpc) is 3.54. The van der Waals surface area contributed by atoms with Gasteiger partial charge in [0.2, 0.25) is 29.1 Å². The van der Waals surface area contributed by atoms with E-state index in [0.29, 0.717) is 31.5 Å². The summed E-state index contributed by atoms with van der Waals surface area (Å²) in [5.41, 5.74) is 5.94. The van der Waals surface area contributed by atoms with Gasteiger partial charge in [-0.05, 0) is 42.1 Å². The number of nitro benzene ring substituents is 1. The number of nitrogens with two attached hydrogens (primary N) is 1. The zero-order chi connectivity index (χ0) is 34.4. The first-order valence-corrected chi connectivity index (χ1v) is 16.6. The van der Waals surface area contributed by atoms with Crippen molar-refractivity contribution < 1.29 is 33.8 Å². The number of carbonyl (C=O) groups excluding carboxylic acids is 4. The van der Waals surface area contributed by atoms with Crippen molar-refractivity contribution in [2.75, 3.05) is 25.0 Å². The molecule has 0 aliphatic heterocycles. The molecular weight excluding hydrogens is 612 g/mol. The Morgan fingerprint density at radius 3 is 2.13 bits per heavy atom. The third-order valence-corrected chi connectivity index (χ3v) is 7.77. The zero-order valence-electron chi connectivity index (χ0n) is 27.3. The van der Waals surface area contributed by atoms with Crippen LogP contribution in [0, 0.1) is 10.1 Å². The lowest BCUT2D eigenvalue weighted by atomic mass is 10.1. The van der Waals surface area contributed by atoms with Crippen LogP contribution in [0.1, 0.15) is 103 Å². The van der Waals surface area contributed by atoms with Crippen LogP contribution in [0.2, 0.25) is 0 Å². The fraction of sp³-hybridized carbons (Fsp3) is 0.677. The van der Waals surface area contributed by atoms with Crippen molar-refractivity contribution >= 4 is 46.0 Å². The molecule has 0 fully saturated rings. The molecule has 2 aromatic rings. The Balaban J connectivity index is 1.63. The second kappa shape index (κ2) is 22.2. The number of fused-ring (bicyclic) bond motifs is 1. The summed E-state index contributed by atoms with van der Waals surface area (Å²) in [4.78, 5) is 59.6. The van der Waals surface area contributed by atoms with Crippen LogP contribution >= 0.6 is 0 Å². The number of hydrogen-bond acceptors (Lipinski definition) is 11. The maximum absolute atomic E-state index is 12.7. The van der Waals surface area contributed by atoms with E-state index < -0.39 is 41.3 Å². The lowest BCUT2D eigenvalue weighted by Gasteiger charge is -2.20. The summed E-state index contributed by atoms with van der Waals surface area (Å²) in [6.45, 7) is 1.54. The first kappa shape index (κ1) is 38.8. The molecule has 262 valence electrons. The lowest BCUT2D eigenvalue weighted by molar-refractivity contribution is -0.383. The summed E-state index contributed by atoms with van der Waals surface area (Å²) in [5.74, 6) is -2.49. The minimum absolute atomic E-state index is 0.0176. The number of benzene rings is 1. The summed E-state index contributed by atoms with van der Waals surface area (Å²) in [6, 6.07) is 0.392. The molecule has 7 N–H and O–H groups in total. The highest BCUT2D eigenvalue weighted by Gasteiger charge is 2.25. The van der Waals surface area contributed by atoms with Crippen molar-refractivity contribution in [3.05, 3.63) is 22.2 Å². The van der Waals surface area contributed by atoms with Gasteiger partial charge in [0.25, 0.3) is 0 Å². The lowest BCUT2D eigenvalue weighted by Crippen LogP contribution is -2.55. The summed E-state index contributed by atoms with van der Waals surface area (Å²) in [5, 5.41) is 38.5. The van der Waals surface area contributed by atoms with Crippen LogP contribution < -0.4 is 27.0 Å². The van der Waals surface area contributed by atoms with Gasteiger partial charge in [0.1, 0.15) is 12.1 Å². The van der Waals surface area contributed by atoms with Crippen molar-refractivity contribution in [1.82, 2.24) is 26.3 Å². The van der Waals surface area contributed by atoms with Crippen LogP contribution in [0.15, 0.2) is 16.8 Å². The molecule has 16 heteroatoms. The Bertz CT molecular complexity index is 1290. The Labute approximate surface area is 274 Å². The van der Waals surface area contributed by atoms with Crippen molar-refractivity contribution in [3.8, 4) is 0 Å². The third-order valence-electron chi connectivity index (χ3n) is 7.77. The number of anilines is 1. The highest BCUT2D eigenvalue weighted by atomic mass is 16.6. The van der Waals surface area contributed by atoms with Gasteiger partial charge in [-0.25, -0.2) is 4.63 Å². The monoisotopic (exact) mass is 662 g/mol. The van der Waals surface area contributed by atoms with Gasteiger partial charge in [0.15, 0.2) is 5.52 Å². The highest BCUT2D eigenvalue weighted by Crippen LogP contribution is 2.28. The van der Waals surface area contributed by atoms with E-state index in [-0.39, 0.29) is 35.6 Å². The van der Waals surface area contributed by atoms with Gasteiger partial charge < -0.3 is 32.1 Å². The fourth-order valence-corrected chi connectivity index (χ4v) is 5.05. The van der Waals surface area contributed by atoms with E-state index in [1.165, 1.54) is 57.1 Å². The summed E-state index contributed by atoms with van der Waals surface area (Å²) < 4.78 is 4.64. The predicted octanol–water partition coefficient (Wildman–Crippen LogP) is 2.98. The molecule has 0 aliphatic rings. The van der Waals surface area contributed by atoms with Crippen molar-refractivity contribution in [2.24, 2.45) is 5.73 Å². The maximum Gasteiger partial charge on any atom is 0.300 e. The molecule has 1 aromatic heterocycles. The summed E-state index contributed by atoms with van der Waals surface area (Å²) in [6.07, 6.45) is 14.3. The number of rotatable bonds is 26. The number of aliphatic hydroxyl groups is 1. The van der Waals surface area contributed by atoms with Crippen molar-refractivity contribution in [2.45, 2.75) is 115 Å². The summed E-state index contributed by atoms with van der Waals surface area (Å²) in [7, 11) is 0. The van der Waals surface area contributed by atoms with Gasteiger partial charge >= 0.3 is 5.69 Å². The van der Waals surface area contributed by atoms with E-state index in [1.807, 2.05) is 0 Å². The number of aromatic nitrogens is 2. The van der Waals surface area contributed by atoms with E-state index in [1.54, 1.807) is 0 Å². The number of aliphatic hydroxyl groups excluding tert-OH is 1. The molecule has 16 nitrogen and oxygen atoms in total. The van der Waals surface area contributed by atoms with Gasteiger partial charge in [-0.15, -0.1) is 0 Å². The number of amides is 4. The van der Waals surface area contributed by atoms with Crippen LogP contribution in [0.5, 0.6) is 0 Å². The van der Waals surface area contributed by atoms with Gasteiger partial charge in [0.05, 0.1) is 23.8 Å². The number of unbranched alkanes of at least 4 members (excludes halogenated alkanes) is 11. The van der Waals surface area contributed by atoms with Gasteiger partial charge in [0, 0.05) is 19.0 Å². The highest BCUT2D eigenvalue weighted by molar-refractivity contribution is 5.94. The molecule has 4 amide bonds. The number of primary amides is 1. The second-order valence-electron chi connectivity index (χ2n) is 11.6. The number of nitro groups is 1. The molecule has 0 unspecified atom stereocenters. The number of hydrogen-bond donors (Lipinski definition) is 6. The molecule has 47 heavy (non-hydrogen) atoms. The molecule has 0 bridgehead atoms. The molecule has 0 saturated heterocycles. The number of nitrogens with one attached hydrogen (secondary N) is 4. The smallest absolute Gasteiger partial charge is 0.300 e. The first-order chi connectivity index (χ1) is 22.7. The largest absolute Gasteiger partial charge is 0.394 e. The average molecular weight is 663 g/mol.